The van der Waals surface area contributed by atoms with E-state index in [1.165, 1.54) is 24.6 Å². The molecule has 1 heterocycles. The third kappa shape index (κ3) is 2.42. The molecule has 0 bridgehead atoms. The number of rotatable bonds is 2. The monoisotopic (exact) mass is 226 g/mol. The maximum Gasteiger partial charge on any atom is 0.156 e. The fourth-order valence-electron chi connectivity index (χ4n) is 2.24. The molecule has 1 aliphatic heterocycles. The van der Waals surface area contributed by atoms with Gasteiger partial charge in [0.25, 0.3) is 0 Å². The van der Waals surface area contributed by atoms with Gasteiger partial charge in [0, 0.05) is 19.2 Å². The summed E-state index contributed by atoms with van der Waals surface area (Å²) in [5.41, 5.74) is 0. The second kappa shape index (κ2) is 4.76. The van der Waals surface area contributed by atoms with Crippen molar-refractivity contribution in [1.29, 1.82) is 0 Å². The van der Waals surface area contributed by atoms with Crippen LogP contribution in [0.3, 0.4) is 0 Å². The van der Waals surface area contributed by atoms with Gasteiger partial charge in [-0.05, 0) is 29.7 Å². The summed E-state index contributed by atoms with van der Waals surface area (Å²) in [5, 5.41) is 4.37. The minimum atomic E-state index is 0.825. The molecule has 0 spiro atoms. The number of benzene rings is 2. The summed E-state index contributed by atoms with van der Waals surface area (Å²) in [4.78, 5) is 5.84. The molecule has 0 atom stereocenters. The Labute approximate surface area is 102 Å². The highest BCUT2D eigenvalue weighted by atomic mass is 16.7. The normalized spacial score (nSPS) is 17.2. The van der Waals surface area contributed by atoms with Crippen LogP contribution in [0, 0.1) is 6.07 Å². The van der Waals surface area contributed by atoms with Crippen molar-refractivity contribution in [3.8, 4) is 5.75 Å². The number of hydrogen-bond acceptors (Lipinski definition) is 2. The lowest BCUT2D eigenvalue weighted by Crippen LogP contribution is -2.32. The second-order valence-electron chi connectivity index (χ2n) is 4.49. The van der Waals surface area contributed by atoms with Gasteiger partial charge in [0.05, 0.1) is 0 Å². The highest BCUT2D eigenvalue weighted by Crippen LogP contribution is 2.21. The van der Waals surface area contributed by atoms with E-state index in [-0.39, 0.29) is 0 Å². The molecule has 2 aromatic carbocycles. The van der Waals surface area contributed by atoms with Gasteiger partial charge in [-0.1, -0.05) is 36.8 Å². The molecule has 0 aromatic heterocycles. The molecule has 0 saturated carbocycles. The lowest BCUT2D eigenvalue weighted by molar-refractivity contribution is -0.0721. The van der Waals surface area contributed by atoms with Crippen molar-refractivity contribution in [3.63, 3.8) is 0 Å². The van der Waals surface area contributed by atoms with Crippen molar-refractivity contribution in [2.45, 2.75) is 19.3 Å². The Morgan fingerprint density at radius 3 is 2.65 bits per heavy atom. The molecule has 2 heteroatoms. The lowest BCUT2D eigenvalue weighted by Gasteiger charge is -2.25. The van der Waals surface area contributed by atoms with E-state index in [9.17, 15) is 0 Å². The predicted molar refractivity (Wildman–Crippen MR) is 68.8 cm³/mol. The first-order valence-electron chi connectivity index (χ1n) is 6.26. The summed E-state index contributed by atoms with van der Waals surface area (Å²) in [6.45, 7) is 2.06. The van der Waals surface area contributed by atoms with Gasteiger partial charge >= 0.3 is 0 Å². The lowest BCUT2D eigenvalue weighted by atomic mass is 10.1. The number of hydrogen-bond donors (Lipinski definition) is 0. The molecule has 1 aliphatic rings. The minimum Gasteiger partial charge on any atom is -0.405 e. The highest BCUT2D eigenvalue weighted by Gasteiger charge is 2.11. The van der Waals surface area contributed by atoms with Crippen molar-refractivity contribution >= 4 is 10.8 Å². The van der Waals surface area contributed by atoms with Gasteiger partial charge in [-0.25, -0.2) is 0 Å². The smallest absolute Gasteiger partial charge is 0.156 e. The van der Waals surface area contributed by atoms with Crippen molar-refractivity contribution in [2.75, 3.05) is 13.1 Å². The van der Waals surface area contributed by atoms with Gasteiger partial charge in [0.15, 0.2) is 5.75 Å². The van der Waals surface area contributed by atoms with Crippen molar-refractivity contribution in [1.82, 2.24) is 5.06 Å². The van der Waals surface area contributed by atoms with Gasteiger partial charge < -0.3 is 4.84 Å². The summed E-state index contributed by atoms with van der Waals surface area (Å²) in [7, 11) is 0. The maximum atomic E-state index is 5.84. The quantitative estimate of drug-likeness (QED) is 0.778. The van der Waals surface area contributed by atoms with E-state index in [4.69, 9.17) is 4.84 Å². The van der Waals surface area contributed by atoms with Gasteiger partial charge in [0.2, 0.25) is 0 Å². The number of nitrogens with zero attached hydrogens (tertiary/aromatic N) is 1. The molecule has 0 aliphatic carbocycles. The zero-order valence-corrected chi connectivity index (χ0v) is 9.86. The van der Waals surface area contributed by atoms with E-state index in [1.807, 2.05) is 23.3 Å². The third-order valence-corrected chi connectivity index (χ3v) is 3.18. The summed E-state index contributed by atoms with van der Waals surface area (Å²) in [5.74, 6) is 0.825. The molecule has 0 N–H and O–H groups in total. The first kappa shape index (κ1) is 10.6. The summed E-state index contributed by atoms with van der Waals surface area (Å²) >= 11 is 0. The molecule has 1 fully saturated rings. The minimum absolute atomic E-state index is 0.825. The van der Waals surface area contributed by atoms with Crippen LogP contribution in [0.1, 0.15) is 19.3 Å². The molecule has 87 valence electrons. The molecular weight excluding hydrogens is 210 g/mol. The Bertz CT molecular complexity index is 503. The summed E-state index contributed by atoms with van der Waals surface area (Å²) < 4.78 is 0. The fourth-order valence-corrected chi connectivity index (χ4v) is 2.24. The Hall–Kier alpha value is -1.54. The van der Waals surface area contributed by atoms with Crippen LogP contribution in [0.2, 0.25) is 0 Å². The van der Waals surface area contributed by atoms with E-state index in [0.29, 0.717) is 0 Å². The number of fused-ring (bicyclic) bond motifs is 1. The van der Waals surface area contributed by atoms with Crippen LogP contribution >= 0.6 is 0 Å². The van der Waals surface area contributed by atoms with E-state index < -0.39 is 0 Å². The zero-order valence-electron chi connectivity index (χ0n) is 9.86. The van der Waals surface area contributed by atoms with Gasteiger partial charge in [-0.2, -0.15) is 0 Å². The van der Waals surface area contributed by atoms with Crippen LogP contribution in [-0.4, -0.2) is 18.2 Å². The van der Waals surface area contributed by atoms with Crippen LogP contribution in [0.4, 0.5) is 0 Å². The largest absolute Gasteiger partial charge is 0.405 e. The first-order chi connectivity index (χ1) is 8.42. The van der Waals surface area contributed by atoms with E-state index in [0.717, 1.165) is 24.2 Å². The number of piperidine rings is 1. The van der Waals surface area contributed by atoms with E-state index in [2.05, 4.69) is 24.3 Å². The molecule has 17 heavy (non-hydrogen) atoms. The van der Waals surface area contributed by atoms with Crippen molar-refractivity contribution in [2.24, 2.45) is 0 Å². The van der Waals surface area contributed by atoms with Crippen LogP contribution in [0.5, 0.6) is 5.75 Å². The van der Waals surface area contributed by atoms with Crippen LogP contribution in [0.25, 0.3) is 10.8 Å². The van der Waals surface area contributed by atoms with Crippen LogP contribution in [0.15, 0.2) is 36.4 Å². The van der Waals surface area contributed by atoms with Crippen molar-refractivity contribution in [3.05, 3.63) is 42.5 Å². The molecule has 0 unspecified atom stereocenters. The standard InChI is InChI=1S/C15H16NO/c1-4-10-16(11-5-1)17-15-9-8-13-6-2-3-7-14(13)12-15/h2-3,6-9H,1,4-5,10-11H2. The average Bonchev–Trinajstić information content (AvgIpc) is 2.40. The molecule has 0 amide bonds. The van der Waals surface area contributed by atoms with Crippen LogP contribution in [-0.2, 0) is 0 Å². The Balaban J connectivity index is 1.80. The van der Waals surface area contributed by atoms with Crippen LogP contribution < -0.4 is 4.84 Å². The summed E-state index contributed by atoms with van der Waals surface area (Å²) in [6.07, 6.45) is 3.78. The van der Waals surface area contributed by atoms with Gasteiger partial charge in [-0.15, -0.1) is 5.06 Å². The molecular formula is C15H16NO. The maximum absolute atomic E-state index is 5.84. The van der Waals surface area contributed by atoms with Gasteiger partial charge in [-0.3, -0.25) is 0 Å². The summed E-state index contributed by atoms with van der Waals surface area (Å²) in [6, 6.07) is 15.6. The molecule has 2 aromatic rings. The molecule has 1 radical (unpaired) electrons. The average molecular weight is 226 g/mol. The Kier molecular flexibility index (Phi) is 2.97. The molecule has 1 saturated heterocycles. The topological polar surface area (TPSA) is 12.5 Å². The SMILES string of the molecule is [c]1c(ON2CCCCC2)ccc2ccccc12. The van der Waals surface area contributed by atoms with Crippen molar-refractivity contribution < 1.29 is 4.84 Å². The highest BCUT2D eigenvalue weighted by molar-refractivity contribution is 5.82. The Morgan fingerprint density at radius 1 is 0.941 bits per heavy atom. The zero-order chi connectivity index (χ0) is 11.5. The van der Waals surface area contributed by atoms with E-state index >= 15 is 0 Å². The number of hydroxylamine groups is 2. The third-order valence-electron chi connectivity index (χ3n) is 3.18. The molecule has 2 nitrogen and oxygen atoms in total. The molecule has 3 rings (SSSR count). The Morgan fingerprint density at radius 2 is 1.76 bits per heavy atom. The fraction of sp³-hybridized carbons (Fsp3) is 0.333. The van der Waals surface area contributed by atoms with Gasteiger partial charge in [0.1, 0.15) is 0 Å². The predicted octanol–water partition coefficient (Wildman–Crippen LogP) is 3.42. The van der Waals surface area contributed by atoms with E-state index in [1.54, 1.807) is 0 Å². The first-order valence-corrected chi connectivity index (χ1v) is 6.26. The second-order valence-corrected chi connectivity index (χ2v) is 4.49.